The van der Waals surface area contributed by atoms with Gasteiger partial charge in [-0.05, 0) is 24.0 Å². The molecule has 1 aliphatic carbocycles. The highest BCUT2D eigenvalue weighted by Crippen LogP contribution is 2.35. The van der Waals surface area contributed by atoms with E-state index in [1.54, 1.807) is 11.1 Å². The largest absolute Gasteiger partial charge is 0.329 e. The van der Waals surface area contributed by atoms with Gasteiger partial charge in [0.15, 0.2) is 0 Å². The standard InChI is InChI=1S/C15H23N3/c16-7-8-17-9-11-18(12-10-17)15-6-5-13-3-1-2-4-14(13)15/h1-4,15H,5-12,16H2. The van der Waals surface area contributed by atoms with Crippen LogP contribution in [0, 0.1) is 0 Å². The maximum atomic E-state index is 5.62. The van der Waals surface area contributed by atoms with Crippen molar-refractivity contribution in [3.05, 3.63) is 35.4 Å². The number of nitrogens with zero attached hydrogens (tertiary/aromatic N) is 2. The minimum atomic E-state index is 0.668. The highest BCUT2D eigenvalue weighted by molar-refractivity contribution is 5.34. The van der Waals surface area contributed by atoms with Gasteiger partial charge in [0.1, 0.15) is 0 Å². The Morgan fingerprint density at radius 3 is 2.67 bits per heavy atom. The Hall–Kier alpha value is -0.900. The highest BCUT2D eigenvalue weighted by Gasteiger charge is 2.29. The average Bonchev–Trinajstić information content (AvgIpc) is 2.84. The first-order valence-electron chi connectivity index (χ1n) is 7.13. The van der Waals surface area contributed by atoms with Crippen LogP contribution in [0.5, 0.6) is 0 Å². The quantitative estimate of drug-likeness (QED) is 0.870. The van der Waals surface area contributed by atoms with Gasteiger partial charge in [0.25, 0.3) is 0 Å². The molecule has 1 saturated heterocycles. The summed E-state index contributed by atoms with van der Waals surface area (Å²) in [4.78, 5) is 5.15. The maximum absolute atomic E-state index is 5.62. The van der Waals surface area contributed by atoms with Crippen LogP contribution in [0.1, 0.15) is 23.6 Å². The van der Waals surface area contributed by atoms with E-state index in [2.05, 4.69) is 34.1 Å². The second-order valence-corrected chi connectivity index (χ2v) is 5.42. The van der Waals surface area contributed by atoms with Crippen molar-refractivity contribution in [1.82, 2.24) is 9.80 Å². The average molecular weight is 245 g/mol. The predicted octanol–water partition coefficient (Wildman–Crippen LogP) is 1.25. The van der Waals surface area contributed by atoms with Gasteiger partial charge in [0.2, 0.25) is 0 Å². The molecule has 0 bridgehead atoms. The van der Waals surface area contributed by atoms with Crippen LogP contribution in [0.3, 0.4) is 0 Å². The molecule has 0 saturated carbocycles. The Morgan fingerprint density at radius 1 is 1.11 bits per heavy atom. The molecule has 1 aliphatic heterocycles. The third-order valence-electron chi connectivity index (χ3n) is 4.39. The normalized spacial score (nSPS) is 25.3. The molecule has 3 nitrogen and oxygen atoms in total. The molecular weight excluding hydrogens is 222 g/mol. The minimum absolute atomic E-state index is 0.668. The summed E-state index contributed by atoms with van der Waals surface area (Å²) in [6.45, 7) is 6.57. The Bertz CT molecular complexity index is 396. The zero-order chi connectivity index (χ0) is 12.4. The van der Waals surface area contributed by atoms with Crippen LogP contribution in [0.2, 0.25) is 0 Å². The second-order valence-electron chi connectivity index (χ2n) is 5.42. The molecule has 1 fully saturated rings. The van der Waals surface area contributed by atoms with E-state index >= 15 is 0 Å². The molecule has 0 aromatic heterocycles. The van der Waals surface area contributed by atoms with Crippen molar-refractivity contribution < 1.29 is 0 Å². The fourth-order valence-corrected chi connectivity index (χ4v) is 3.40. The fraction of sp³-hybridized carbons (Fsp3) is 0.600. The van der Waals surface area contributed by atoms with E-state index < -0.39 is 0 Å². The number of nitrogens with two attached hydrogens (primary N) is 1. The monoisotopic (exact) mass is 245 g/mol. The minimum Gasteiger partial charge on any atom is -0.329 e. The number of hydrogen-bond donors (Lipinski definition) is 1. The lowest BCUT2D eigenvalue weighted by Crippen LogP contribution is -2.48. The first-order chi connectivity index (χ1) is 8.88. The van der Waals surface area contributed by atoms with Crippen molar-refractivity contribution in [2.75, 3.05) is 39.3 Å². The van der Waals surface area contributed by atoms with Gasteiger partial charge >= 0.3 is 0 Å². The lowest BCUT2D eigenvalue weighted by atomic mass is 10.1. The van der Waals surface area contributed by atoms with Gasteiger partial charge in [-0.3, -0.25) is 9.80 Å². The maximum Gasteiger partial charge on any atom is 0.0355 e. The Labute approximate surface area is 110 Å². The van der Waals surface area contributed by atoms with Crippen molar-refractivity contribution in [3.63, 3.8) is 0 Å². The van der Waals surface area contributed by atoms with Crippen molar-refractivity contribution in [2.24, 2.45) is 5.73 Å². The topological polar surface area (TPSA) is 32.5 Å². The molecule has 3 heteroatoms. The second kappa shape index (κ2) is 5.39. The van der Waals surface area contributed by atoms with Gasteiger partial charge in [-0.15, -0.1) is 0 Å². The van der Waals surface area contributed by atoms with Crippen LogP contribution in [0.15, 0.2) is 24.3 Å². The predicted molar refractivity (Wildman–Crippen MR) is 74.6 cm³/mol. The van der Waals surface area contributed by atoms with Crippen LogP contribution in [-0.2, 0) is 6.42 Å². The number of piperazine rings is 1. The van der Waals surface area contributed by atoms with Crippen molar-refractivity contribution in [3.8, 4) is 0 Å². The summed E-state index contributed by atoms with van der Waals surface area (Å²) in [6, 6.07) is 9.63. The van der Waals surface area contributed by atoms with E-state index in [0.29, 0.717) is 6.04 Å². The molecule has 98 valence electrons. The van der Waals surface area contributed by atoms with Crippen LogP contribution in [-0.4, -0.2) is 49.1 Å². The lowest BCUT2D eigenvalue weighted by Gasteiger charge is -2.38. The summed E-state index contributed by atoms with van der Waals surface area (Å²) in [6.07, 6.45) is 2.56. The summed E-state index contributed by atoms with van der Waals surface area (Å²) in [5.41, 5.74) is 8.76. The molecule has 1 aromatic rings. The van der Waals surface area contributed by atoms with Gasteiger partial charge in [-0.25, -0.2) is 0 Å². The molecule has 1 aromatic carbocycles. The molecule has 0 radical (unpaired) electrons. The van der Waals surface area contributed by atoms with Crippen molar-refractivity contribution in [2.45, 2.75) is 18.9 Å². The van der Waals surface area contributed by atoms with E-state index in [1.807, 2.05) is 0 Å². The van der Waals surface area contributed by atoms with Crippen LogP contribution in [0.25, 0.3) is 0 Å². The van der Waals surface area contributed by atoms with E-state index in [0.717, 1.165) is 13.1 Å². The Kier molecular flexibility index (Phi) is 3.64. The van der Waals surface area contributed by atoms with Gasteiger partial charge in [0.05, 0.1) is 0 Å². The molecule has 1 heterocycles. The zero-order valence-corrected chi connectivity index (χ0v) is 11.0. The molecule has 2 N–H and O–H groups in total. The molecule has 0 spiro atoms. The Morgan fingerprint density at radius 2 is 1.89 bits per heavy atom. The first kappa shape index (κ1) is 12.2. The number of benzene rings is 1. The lowest BCUT2D eigenvalue weighted by molar-refractivity contribution is 0.0979. The Balaban J connectivity index is 1.64. The van der Waals surface area contributed by atoms with Gasteiger partial charge in [0, 0.05) is 45.3 Å². The summed E-state index contributed by atoms with van der Waals surface area (Å²) in [5.74, 6) is 0. The number of aryl methyl sites for hydroxylation is 1. The van der Waals surface area contributed by atoms with Crippen LogP contribution < -0.4 is 5.73 Å². The third-order valence-corrected chi connectivity index (χ3v) is 4.39. The van der Waals surface area contributed by atoms with E-state index in [1.165, 1.54) is 39.0 Å². The van der Waals surface area contributed by atoms with Crippen LogP contribution >= 0.6 is 0 Å². The summed E-state index contributed by atoms with van der Waals surface area (Å²) >= 11 is 0. The van der Waals surface area contributed by atoms with E-state index in [-0.39, 0.29) is 0 Å². The first-order valence-corrected chi connectivity index (χ1v) is 7.13. The zero-order valence-electron chi connectivity index (χ0n) is 11.0. The summed E-state index contributed by atoms with van der Waals surface area (Å²) in [7, 11) is 0. The van der Waals surface area contributed by atoms with Gasteiger partial charge in [-0.2, -0.15) is 0 Å². The van der Waals surface area contributed by atoms with Gasteiger partial charge in [-0.1, -0.05) is 24.3 Å². The highest BCUT2D eigenvalue weighted by atomic mass is 15.3. The smallest absolute Gasteiger partial charge is 0.0355 e. The van der Waals surface area contributed by atoms with E-state index in [9.17, 15) is 0 Å². The SMILES string of the molecule is NCCN1CCN(C2CCc3ccccc32)CC1. The molecule has 18 heavy (non-hydrogen) atoms. The van der Waals surface area contributed by atoms with Gasteiger partial charge < -0.3 is 5.73 Å². The summed E-state index contributed by atoms with van der Waals surface area (Å²) in [5, 5.41) is 0. The molecule has 3 rings (SSSR count). The van der Waals surface area contributed by atoms with Crippen LogP contribution in [0.4, 0.5) is 0 Å². The fourth-order valence-electron chi connectivity index (χ4n) is 3.40. The number of fused-ring (bicyclic) bond motifs is 1. The number of rotatable bonds is 3. The summed E-state index contributed by atoms with van der Waals surface area (Å²) < 4.78 is 0. The molecule has 0 amide bonds. The molecule has 2 aliphatic rings. The van der Waals surface area contributed by atoms with Crippen molar-refractivity contribution in [1.29, 1.82) is 0 Å². The number of hydrogen-bond acceptors (Lipinski definition) is 3. The molecule has 1 unspecified atom stereocenters. The third kappa shape index (κ3) is 2.30. The van der Waals surface area contributed by atoms with Crippen molar-refractivity contribution >= 4 is 0 Å². The molecular formula is C15H23N3. The van der Waals surface area contributed by atoms with E-state index in [4.69, 9.17) is 5.73 Å². The molecule has 1 atom stereocenters.